The van der Waals surface area contributed by atoms with Crippen LogP contribution in [-0.4, -0.2) is 22.6 Å². The summed E-state index contributed by atoms with van der Waals surface area (Å²) in [6.07, 6.45) is 3.66. The summed E-state index contributed by atoms with van der Waals surface area (Å²) in [5, 5.41) is 15.8. The number of hydrogen-bond acceptors (Lipinski definition) is 4. The molecule has 0 aliphatic heterocycles. The van der Waals surface area contributed by atoms with Crippen LogP contribution in [0.4, 0.5) is 17.2 Å². The van der Waals surface area contributed by atoms with Crippen LogP contribution in [0.15, 0.2) is 64.2 Å². The Balaban J connectivity index is 1.56. The van der Waals surface area contributed by atoms with Crippen LogP contribution in [0.1, 0.15) is 24.8 Å². The molecule has 6 nitrogen and oxygen atoms in total. The van der Waals surface area contributed by atoms with Gasteiger partial charge in [0.15, 0.2) is 5.82 Å². The van der Waals surface area contributed by atoms with E-state index >= 15 is 0 Å². The number of hydrogen-bond donors (Lipinski definition) is 4. The summed E-state index contributed by atoms with van der Waals surface area (Å²) in [7, 11) is 0. The van der Waals surface area contributed by atoms with Gasteiger partial charge in [-0.3, -0.25) is 9.89 Å². The number of anilines is 3. The van der Waals surface area contributed by atoms with Crippen LogP contribution < -0.4 is 16.4 Å². The number of rotatable bonds is 7. The molecule has 1 unspecified atom stereocenters. The van der Waals surface area contributed by atoms with Gasteiger partial charge in [0.05, 0.1) is 16.5 Å². The van der Waals surface area contributed by atoms with Gasteiger partial charge in [0.25, 0.3) is 0 Å². The maximum absolute atomic E-state index is 13.1. The van der Waals surface area contributed by atoms with Crippen molar-refractivity contribution < 1.29 is 4.79 Å². The number of aryl methyl sites for hydroxylation is 1. The molecule has 0 saturated carbocycles. The molecule has 1 heterocycles. The Hall–Kier alpha value is -2.80. The van der Waals surface area contributed by atoms with Crippen molar-refractivity contribution in [1.29, 1.82) is 0 Å². The number of nitrogens with zero attached hydrogens (tertiary/aromatic N) is 1. The lowest BCUT2D eigenvalue weighted by Gasteiger charge is -2.22. The lowest BCUT2D eigenvalue weighted by molar-refractivity contribution is -0.119. The van der Waals surface area contributed by atoms with E-state index in [9.17, 15) is 4.79 Å². The van der Waals surface area contributed by atoms with Crippen molar-refractivity contribution in [1.82, 2.24) is 10.2 Å². The van der Waals surface area contributed by atoms with Gasteiger partial charge in [0, 0.05) is 21.8 Å². The SMILES string of the molecule is Cc1cccc(Nc2n[nH]c3ccc(NC(=O)C(CCN)C4=CC(Cl)=C(Cl)CC4)cc23)c1. The van der Waals surface area contributed by atoms with E-state index in [1.165, 1.54) is 0 Å². The number of fused-ring (bicyclic) bond motifs is 1. The Morgan fingerprint density at radius 1 is 1.19 bits per heavy atom. The Bertz CT molecular complexity index is 1210. The number of aromatic nitrogens is 2. The van der Waals surface area contributed by atoms with Crippen LogP contribution in [0.2, 0.25) is 0 Å². The maximum Gasteiger partial charge on any atom is 0.231 e. The number of benzene rings is 2. The summed E-state index contributed by atoms with van der Waals surface area (Å²) in [5.74, 6) is 0.227. The van der Waals surface area contributed by atoms with Gasteiger partial charge in [-0.25, -0.2) is 0 Å². The van der Waals surface area contributed by atoms with Crippen LogP contribution in [0.25, 0.3) is 10.9 Å². The molecular weight excluding hydrogens is 445 g/mol. The number of carbonyl (C=O) groups excluding carboxylic acids is 1. The second-order valence-corrected chi connectivity index (χ2v) is 8.78. The van der Waals surface area contributed by atoms with Crippen LogP contribution in [0.5, 0.6) is 0 Å². The standard InChI is InChI=1S/C24H25Cl2N5O/c1-14-3-2-4-16(11-14)28-23-19-13-17(6-8-22(19)30-31-23)29-24(32)18(9-10-27)15-5-7-20(25)21(26)12-15/h2-4,6,8,11-13,18H,5,7,9-10,27H2,1H3,(H,29,32)(H2,28,30,31). The predicted octanol–water partition coefficient (Wildman–Crippen LogP) is 5.93. The summed E-state index contributed by atoms with van der Waals surface area (Å²) >= 11 is 12.3. The molecule has 166 valence electrons. The fourth-order valence-corrected chi connectivity index (χ4v) is 4.27. The molecular formula is C24H25Cl2N5O. The fourth-order valence-electron chi connectivity index (χ4n) is 3.89. The molecule has 1 atom stereocenters. The van der Waals surface area contributed by atoms with Crippen molar-refractivity contribution >= 4 is 57.2 Å². The number of aromatic amines is 1. The number of H-pyrrole nitrogens is 1. The molecule has 32 heavy (non-hydrogen) atoms. The summed E-state index contributed by atoms with van der Waals surface area (Å²) in [4.78, 5) is 13.1. The maximum atomic E-state index is 13.1. The second-order valence-electron chi connectivity index (χ2n) is 7.92. The first-order valence-electron chi connectivity index (χ1n) is 10.5. The van der Waals surface area contributed by atoms with Crippen molar-refractivity contribution in [3.8, 4) is 0 Å². The largest absolute Gasteiger partial charge is 0.338 e. The molecule has 0 saturated heterocycles. The number of amides is 1. The van der Waals surface area contributed by atoms with Crippen molar-refractivity contribution in [2.75, 3.05) is 17.2 Å². The predicted molar refractivity (Wildman–Crippen MR) is 132 cm³/mol. The zero-order chi connectivity index (χ0) is 22.7. The van der Waals surface area contributed by atoms with Gasteiger partial charge in [0.1, 0.15) is 0 Å². The highest BCUT2D eigenvalue weighted by molar-refractivity contribution is 6.40. The Kier molecular flexibility index (Phi) is 6.84. The third kappa shape index (κ3) is 4.99. The first-order valence-corrected chi connectivity index (χ1v) is 11.3. The van der Waals surface area contributed by atoms with Gasteiger partial charge in [-0.15, -0.1) is 0 Å². The van der Waals surface area contributed by atoms with E-state index in [0.717, 1.165) is 27.7 Å². The average molecular weight is 470 g/mol. The minimum Gasteiger partial charge on any atom is -0.338 e. The molecule has 1 aliphatic carbocycles. The smallest absolute Gasteiger partial charge is 0.231 e. The van der Waals surface area contributed by atoms with Crippen LogP contribution in [-0.2, 0) is 4.79 Å². The molecule has 5 N–H and O–H groups in total. The lowest BCUT2D eigenvalue weighted by atomic mass is 9.88. The van der Waals surface area contributed by atoms with Gasteiger partial charge < -0.3 is 16.4 Å². The van der Waals surface area contributed by atoms with E-state index < -0.39 is 0 Å². The summed E-state index contributed by atoms with van der Waals surface area (Å²) < 4.78 is 0. The zero-order valence-electron chi connectivity index (χ0n) is 17.7. The molecule has 4 rings (SSSR count). The summed E-state index contributed by atoms with van der Waals surface area (Å²) in [6, 6.07) is 13.7. The molecule has 1 amide bonds. The average Bonchev–Trinajstić information content (AvgIpc) is 3.16. The molecule has 0 radical (unpaired) electrons. The summed E-state index contributed by atoms with van der Waals surface area (Å²) in [5.41, 5.74) is 10.4. The quantitative estimate of drug-likeness (QED) is 0.344. The highest BCUT2D eigenvalue weighted by Gasteiger charge is 2.25. The molecule has 0 spiro atoms. The van der Waals surface area contributed by atoms with E-state index in [4.69, 9.17) is 28.9 Å². The first kappa shape index (κ1) is 22.4. The minimum atomic E-state index is -0.358. The van der Waals surface area contributed by atoms with E-state index in [1.807, 2.05) is 49.4 Å². The number of carbonyl (C=O) groups is 1. The van der Waals surface area contributed by atoms with Crippen LogP contribution >= 0.6 is 23.2 Å². The fraction of sp³-hybridized carbons (Fsp3) is 0.250. The molecule has 2 aromatic carbocycles. The summed E-state index contributed by atoms with van der Waals surface area (Å²) in [6.45, 7) is 2.44. The van der Waals surface area contributed by atoms with Gasteiger partial charge in [-0.1, -0.05) is 40.9 Å². The molecule has 1 aliphatic rings. The van der Waals surface area contributed by atoms with Crippen molar-refractivity contribution in [3.05, 3.63) is 69.7 Å². The van der Waals surface area contributed by atoms with Gasteiger partial charge in [-0.2, -0.15) is 5.10 Å². The normalized spacial score (nSPS) is 14.9. The number of nitrogens with one attached hydrogen (secondary N) is 3. The van der Waals surface area contributed by atoms with Crippen molar-refractivity contribution in [3.63, 3.8) is 0 Å². The van der Waals surface area contributed by atoms with Crippen molar-refractivity contribution in [2.45, 2.75) is 26.2 Å². The highest BCUT2D eigenvalue weighted by Crippen LogP contribution is 2.34. The first-order chi connectivity index (χ1) is 15.4. The monoisotopic (exact) mass is 469 g/mol. The Morgan fingerprint density at radius 2 is 2.03 bits per heavy atom. The van der Waals surface area contributed by atoms with Crippen LogP contribution in [0, 0.1) is 12.8 Å². The number of halogens is 2. The molecule has 8 heteroatoms. The van der Waals surface area contributed by atoms with E-state index in [0.29, 0.717) is 47.4 Å². The van der Waals surface area contributed by atoms with Gasteiger partial charge in [0.2, 0.25) is 5.91 Å². The van der Waals surface area contributed by atoms with Crippen LogP contribution in [0.3, 0.4) is 0 Å². The molecule has 0 bridgehead atoms. The third-order valence-electron chi connectivity index (χ3n) is 5.54. The number of nitrogens with two attached hydrogens (primary N) is 1. The lowest BCUT2D eigenvalue weighted by Crippen LogP contribution is -2.27. The topological polar surface area (TPSA) is 95.8 Å². The van der Waals surface area contributed by atoms with Crippen molar-refractivity contribution in [2.24, 2.45) is 11.7 Å². The van der Waals surface area contributed by atoms with E-state index in [1.54, 1.807) is 6.08 Å². The second kappa shape index (κ2) is 9.77. The molecule has 1 aromatic heterocycles. The van der Waals surface area contributed by atoms with Gasteiger partial charge in [-0.05, 0) is 74.7 Å². The minimum absolute atomic E-state index is 0.111. The molecule has 0 fully saturated rings. The zero-order valence-corrected chi connectivity index (χ0v) is 19.2. The Labute approximate surface area is 196 Å². The number of allylic oxidation sites excluding steroid dienone is 3. The van der Waals surface area contributed by atoms with E-state index in [2.05, 4.69) is 20.8 Å². The Morgan fingerprint density at radius 3 is 2.78 bits per heavy atom. The van der Waals surface area contributed by atoms with E-state index in [-0.39, 0.29) is 11.8 Å². The van der Waals surface area contributed by atoms with Gasteiger partial charge >= 0.3 is 0 Å². The molecule has 3 aromatic rings. The highest BCUT2D eigenvalue weighted by atomic mass is 35.5. The third-order valence-corrected chi connectivity index (χ3v) is 6.36.